The normalized spacial score (nSPS) is 18.7. The van der Waals surface area contributed by atoms with Crippen LogP contribution in [0.4, 0.5) is 0 Å². The van der Waals surface area contributed by atoms with Crippen molar-refractivity contribution in [2.75, 3.05) is 19.7 Å². The fraction of sp³-hybridized carbons (Fsp3) is 0.529. The highest BCUT2D eigenvalue weighted by Crippen LogP contribution is 2.26. The third kappa shape index (κ3) is 3.33. The highest BCUT2D eigenvalue weighted by Gasteiger charge is 2.29. The molecule has 0 aromatic carbocycles. The van der Waals surface area contributed by atoms with E-state index in [1.165, 1.54) is 4.88 Å². The summed E-state index contributed by atoms with van der Waals surface area (Å²) in [6.45, 7) is 7.99. The average molecular weight is 333 g/mol. The molecule has 124 valence electrons. The van der Waals surface area contributed by atoms with Crippen LogP contribution in [0.3, 0.4) is 0 Å². The minimum absolute atomic E-state index is 0.0902. The Morgan fingerprint density at radius 3 is 2.87 bits per heavy atom. The number of aromatic nitrogens is 2. The smallest absolute Gasteiger partial charge is 0.254 e. The van der Waals surface area contributed by atoms with Gasteiger partial charge in [0.05, 0.1) is 24.4 Å². The Kier molecular flexibility index (Phi) is 4.55. The maximum absolute atomic E-state index is 12.8. The summed E-state index contributed by atoms with van der Waals surface area (Å²) in [5.74, 6) is 1.43. The molecular weight excluding hydrogens is 310 g/mol. The lowest BCUT2D eigenvalue weighted by Crippen LogP contribution is -2.42. The number of nitrogens with zero attached hydrogens (tertiary/aromatic N) is 3. The molecule has 5 nitrogen and oxygen atoms in total. The topological polar surface area (TPSA) is 47.4 Å². The SMILES string of the molecule is Cc1cn(C)c([C@H]2CN(C(=O)c3csc(C(C)C)c3)CCO2)n1. The maximum Gasteiger partial charge on any atom is 0.254 e. The zero-order valence-corrected chi connectivity index (χ0v) is 14.9. The monoisotopic (exact) mass is 333 g/mol. The van der Waals surface area contributed by atoms with Crippen LogP contribution in [0.1, 0.15) is 52.6 Å². The molecule has 0 saturated carbocycles. The molecule has 6 heteroatoms. The van der Waals surface area contributed by atoms with Crippen molar-refractivity contribution >= 4 is 17.2 Å². The number of carbonyl (C=O) groups is 1. The first-order valence-electron chi connectivity index (χ1n) is 7.95. The van der Waals surface area contributed by atoms with Crippen LogP contribution in [-0.4, -0.2) is 40.1 Å². The number of rotatable bonds is 3. The summed E-state index contributed by atoms with van der Waals surface area (Å²) in [4.78, 5) is 20.4. The van der Waals surface area contributed by atoms with Gasteiger partial charge in [-0.25, -0.2) is 4.98 Å². The van der Waals surface area contributed by atoms with Crippen LogP contribution in [0.15, 0.2) is 17.6 Å². The number of aryl methyl sites for hydroxylation is 2. The maximum atomic E-state index is 12.8. The van der Waals surface area contributed by atoms with Crippen molar-refractivity contribution < 1.29 is 9.53 Å². The number of amides is 1. The van der Waals surface area contributed by atoms with E-state index in [1.807, 2.05) is 41.1 Å². The van der Waals surface area contributed by atoms with Crippen molar-refractivity contribution in [3.05, 3.63) is 39.6 Å². The molecule has 3 rings (SSSR count). The molecule has 2 aromatic heterocycles. The highest BCUT2D eigenvalue weighted by atomic mass is 32.1. The fourth-order valence-corrected chi connectivity index (χ4v) is 3.77. The van der Waals surface area contributed by atoms with Crippen molar-refractivity contribution in [2.24, 2.45) is 7.05 Å². The van der Waals surface area contributed by atoms with Gasteiger partial charge >= 0.3 is 0 Å². The molecule has 0 bridgehead atoms. The molecule has 1 aliphatic heterocycles. The van der Waals surface area contributed by atoms with Gasteiger partial charge in [-0.3, -0.25) is 4.79 Å². The van der Waals surface area contributed by atoms with Crippen molar-refractivity contribution in [1.29, 1.82) is 0 Å². The summed E-state index contributed by atoms with van der Waals surface area (Å²) < 4.78 is 7.82. The molecule has 0 aliphatic carbocycles. The predicted molar refractivity (Wildman–Crippen MR) is 90.9 cm³/mol. The van der Waals surface area contributed by atoms with Crippen molar-refractivity contribution in [1.82, 2.24) is 14.5 Å². The largest absolute Gasteiger partial charge is 0.367 e. The van der Waals surface area contributed by atoms with Crippen molar-refractivity contribution in [2.45, 2.75) is 32.8 Å². The van der Waals surface area contributed by atoms with Gasteiger partial charge in [0, 0.05) is 30.0 Å². The van der Waals surface area contributed by atoms with Crippen molar-refractivity contribution in [3.8, 4) is 0 Å². The molecule has 2 aromatic rings. The van der Waals surface area contributed by atoms with Gasteiger partial charge in [0.25, 0.3) is 5.91 Å². The van der Waals surface area contributed by atoms with Crippen molar-refractivity contribution in [3.63, 3.8) is 0 Å². The molecule has 1 aliphatic rings. The van der Waals surface area contributed by atoms with E-state index >= 15 is 0 Å². The zero-order chi connectivity index (χ0) is 16.6. The van der Waals surface area contributed by atoms with Crippen LogP contribution >= 0.6 is 11.3 Å². The first-order chi connectivity index (χ1) is 11.0. The van der Waals surface area contributed by atoms with Gasteiger partial charge in [-0.1, -0.05) is 13.8 Å². The van der Waals surface area contributed by atoms with Crippen LogP contribution < -0.4 is 0 Å². The number of imidazole rings is 1. The van der Waals surface area contributed by atoms with E-state index in [0.717, 1.165) is 17.1 Å². The summed E-state index contributed by atoms with van der Waals surface area (Å²) in [6, 6.07) is 2.02. The van der Waals surface area contributed by atoms with Crippen LogP contribution in [0.2, 0.25) is 0 Å². The Bertz CT molecular complexity index is 705. The van der Waals surface area contributed by atoms with E-state index < -0.39 is 0 Å². The Morgan fingerprint density at radius 2 is 2.26 bits per heavy atom. The first-order valence-corrected chi connectivity index (χ1v) is 8.83. The Labute approximate surface area is 140 Å². The summed E-state index contributed by atoms with van der Waals surface area (Å²) in [5, 5.41) is 1.97. The molecule has 0 N–H and O–H groups in total. The van der Waals surface area contributed by atoms with Gasteiger partial charge in [-0.05, 0) is 18.9 Å². The molecule has 1 amide bonds. The minimum atomic E-state index is -0.158. The Hall–Kier alpha value is -1.66. The standard InChI is InChI=1S/C17H23N3O2S/c1-11(2)15-7-13(10-23-15)17(21)20-5-6-22-14(9-20)16-18-12(3)8-19(16)4/h7-8,10-11,14H,5-6,9H2,1-4H3/t14-/m1/s1. The Balaban J connectivity index is 1.75. The molecule has 1 fully saturated rings. The lowest BCUT2D eigenvalue weighted by molar-refractivity contribution is -0.0279. The van der Waals surface area contributed by atoms with E-state index in [0.29, 0.717) is 25.6 Å². The quantitative estimate of drug-likeness (QED) is 0.867. The second kappa shape index (κ2) is 6.45. The van der Waals surface area contributed by atoms with Gasteiger partial charge in [0.1, 0.15) is 11.9 Å². The summed E-state index contributed by atoms with van der Waals surface area (Å²) in [6.07, 6.45) is 1.82. The first kappa shape index (κ1) is 16.2. The lowest BCUT2D eigenvalue weighted by atomic mass is 10.1. The molecule has 0 unspecified atom stereocenters. The fourth-order valence-electron chi connectivity index (χ4n) is 2.87. The van der Waals surface area contributed by atoms with Crippen LogP contribution in [0, 0.1) is 6.92 Å². The second-order valence-corrected chi connectivity index (χ2v) is 7.30. The number of hydrogen-bond acceptors (Lipinski definition) is 4. The molecule has 1 atom stereocenters. The lowest BCUT2D eigenvalue weighted by Gasteiger charge is -2.32. The van der Waals surface area contributed by atoms with E-state index in [1.54, 1.807) is 11.3 Å². The van der Waals surface area contributed by atoms with E-state index in [4.69, 9.17) is 4.74 Å². The van der Waals surface area contributed by atoms with E-state index in [2.05, 4.69) is 18.8 Å². The molecule has 3 heterocycles. The third-order valence-corrected chi connectivity index (χ3v) is 5.34. The van der Waals surface area contributed by atoms with Gasteiger partial charge in [0.2, 0.25) is 0 Å². The van der Waals surface area contributed by atoms with Crippen LogP contribution in [0.25, 0.3) is 0 Å². The number of carbonyl (C=O) groups excluding carboxylic acids is 1. The molecular formula is C17H23N3O2S. The van der Waals surface area contributed by atoms with Gasteiger partial charge in [-0.2, -0.15) is 0 Å². The van der Waals surface area contributed by atoms with Crippen LogP contribution in [-0.2, 0) is 11.8 Å². The number of morpholine rings is 1. The zero-order valence-electron chi connectivity index (χ0n) is 14.1. The van der Waals surface area contributed by atoms with Crippen LogP contribution in [0.5, 0.6) is 0 Å². The minimum Gasteiger partial charge on any atom is -0.367 e. The molecule has 0 radical (unpaired) electrons. The third-order valence-electron chi connectivity index (χ3n) is 4.11. The highest BCUT2D eigenvalue weighted by molar-refractivity contribution is 7.10. The number of thiophene rings is 1. The Morgan fingerprint density at radius 1 is 1.48 bits per heavy atom. The molecule has 1 saturated heterocycles. The molecule has 0 spiro atoms. The van der Waals surface area contributed by atoms with Gasteiger partial charge in [0.15, 0.2) is 0 Å². The van der Waals surface area contributed by atoms with E-state index in [-0.39, 0.29) is 12.0 Å². The summed E-state index contributed by atoms with van der Waals surface area (Å²) in [7, 11) is 1.97. The average Bonchev–Trinajstić information content (AvgIpc) is 3.13. The number of hydrogen-bond donors (Lipinski definition) is 0. The predicted octanol–water partition coefficient (Wildman–Crippen LogP) is 3.13. The van der Waals surface area contributed by atoms with Gasteiger partial charge in [-0.15, -0.1) is 11.3 Å². The summed E-state index contributed by atoms with van der Waals surface area (Å²) >= 11 is 1.66. The summed E-state index contributed by atoms with van der Waals surface area (Å²) in [5.41, 5.74) is 1.75. The second-order valence-electron chi connectivity index (χ2n) is 6.35. The molecule has 23 heavy (non-hydrogen) atoms. The van der Waals surface area contributed by atoms with E-state index in [9.17, 15) is 4.79 Å². The van der Waals surface area contributed by atoms with Gasteiger partial charge < -0.3 is 14.2 Å². The number of ether oxygens (including phenoxy) is 1.